The Balaban J connectivity index is 4.73. The molecule has 344 valence electrons. The van der Waals surface area contributed by atoms with Crippen molar-refractivity contribution in [2.45, 2.75) is 238 Å². The van der Waals surface area contributed by atoms with Gasteiger partial charge in [0.05, 0.1) is 25.2 Å². The SMILES string of the molecule is CC/C=C/C=C/C=C/CCCCCCCCCC(=O)OC(CCC/C=C\C/C=C\C/C=C\C/C=C\CCCCC)CC(=O)NC(CO)C(O)CCCCCCCCCCC. The standard InChI is InChI=1S/C54H93NO5/c1-4-7-10-13-16-19-21-23-25-26-28-29-31-34-36-39-42-45-50(48-53(58)55-51(49-56)52(57)46-43-40-37-33-18-15-12-9-6-3)60-54(59)47-44-41-38-35-32-30-27-24-22-20-17-14-11-8-5-2/h8,11,14,16-17,19-20,22-23,25,28-29,34,36,50-52,56-57H,4-7,9-10,12-13,15,18,21,24,26-27,30-33,35,37-49H2,1-3H3,(H,55,58)/b11-8+,17-14+,19-16-,22-20+,25-23-,29-28-,36-34-. The van der Waals surface area contributed by atoms with Crippen LogP contribution >= 0.6 is 0 Å². The van der Waals surface area contributed by atoms with E-state index in [4.69, 9.17) is 4.74 Å². The topological polar surface area (TPSA) is 95.9 Å². The van der Waals surface area contributed by atoms with Crippen molar-refractivity contribution in [3.8, 4) is 0 Å². The van der Waals surface area contributed by atoms with E-state index in [1.165, 1.54) is 89.9 Å². The Labute approximate surface area is 370 Å². The molecule has 3 atom stereocenters. The van der Waals surface area contributed by atoms with E-state index < -0.39 is 18.2 Å². The summed E-state index contributed by atoms with van der Waals surface area (Å²) in [5, 5.41) is 23.6. The lowest BCUT2D eigenvalue weighted by Crippen LogP contribution is -2.46. The molecule has 0 aromatic heterocycles. The first-order chi connectivity index (χ1) is 29.5. The third kappa shape index (κ3) is 41.8. The number of rotatable bonds is 43. The Morgan fingerprint density at radius 3 is 1.57 bits per heavy atom. The molecule has 0 aromatic rings. The number of nitrogens with one attached hydrogen (secondary N) is 1. The number of carbonyl (C=O) groups excluding carboxylic acids is 2. The van der Waals surface area contributed by atoms with Crippen LogP contribution in [-0.4, -0.2) is 46.9 Å². The van der Waals surface area contributed by atoms with Crippen LogP contribution in [0.5, 0.6) is 0 Å². The van der Waals surface area contributed by atoms with Crippen molar-refractivity contribution >= 4 is 11.9 Å². The first kappa shape index (κ1) is 57.0. The normalized spacial score (nSPS) is 14.0. The number of allylic oxidation sites excluding steroid dienone is 14. The molecule has 1 amide bonds. The van der Waals surface area contributed by atoms with Crippen molar-refractivity contribution in [2.75, 3.05) is 6.61 Å². The smallest absolute Gasteiger partial charge is 0.306 e. The molecule has 0 spiro atoms. The van der Waals surface area contributed by atoms with Gasteiger partial charge in [-0.3, -0.25) is 9.59 Å². The molecule has 6 nitrogen and oxygen atoms in total. The number of unbranched alkanes of at least 4 members (excludes halogenated alkanes) is 19. The highest BCUT2D eigenvalue weighted by Crippen LogP contribution is 2.16. The molecule has 0 aliphatic rings. The van der Waals surface area contributed by atoms with E-state index in [1.807, 2.05) is 0 Å². The minimum Gasteiger partial charge on any atom is -0.462 e. The van der Waals surface area contributed by atoms with Gasteiger partial charge in [-0.2, -0.15) is 0 Å². The predicted molar refractivity (Wildman–Crippen MR) is 259 cm³/mol. The first-order valence-electron chi connectivity index (χ1n) is 24.8. The van der Waals surface area contributed by atoms with E-state index in [1.54, 1.807) is 0 Å². The number of amides is 1. The number of aliphatic hydroxyl groups excluding tert-OH is 2. The Morgan fingerprint density at radius 2 is 0.983 bits per heavy atom. The number of ether oxygens (including phenoxy) is 1. The van der Waals surface area contributed by atoms with Gasteiger partial charge in [0, 0.05) is 6.42 Å². The monoisotopic (exact) mass is 836 g/mol. The lowest BCUT2D eigenvalue weighted by atomic mass is 10.0. The maximum Gasteiger partial charge on any atom is 0.306 e. The second-order valence-electron chi connectivity index (χ2n) is 16.5. The third-order valence-electron chi connectivity index (χ3n) is 10.8. The summed E-state index contributed by atoms with van der Waals surface area (Å²) in [5.41, 5.74) is 0. The van der Waals surface area contributed by atoms with Crippen LogP contribution < -0.4 is 5.32 Å². The Morgan fingerprint density at radius 1 is 0.517 bits per heavy atom. The molecule has 0 bridgehead atoms. The molecule has 0 aliphatic carbocycles. The second-order valence-corrected chi connectivity index (χ2v) is 16.5. The first-order valence-corrected chi connectivity index (χ1v) is 24.8. The molecule has 0 fully saturated rings. The van der Waals surface area contributed by atoms with Crippen LogP contribution in [0.3, 0.4) is 0 Å². The molecular formula is C54H93NO5. The van der Waals surface area contributed by atoms with E-state index in [2.05, 4.69) is 111 Å². The van der Waals surface area contributed by atoms with E-state index in [0.717, 1.165) is 83.5 Å². The highest BCUT2D eigenvalue weighted by atomic mass is 16.5. The van der Waals surface area contributed by atoms with E-state index in [0.29, 0.717) is 19.3 Å². The number of esters is 1. The van der Waals surface area contributed by atoms with Crippen LogP contribution in [-0.2, 0) is 14.3 Å². The Bertz CT molecular complexity index is 1160. The van der Waals surface area contributed by atoms with E-state index >= 15 is 0 Å². The zero-order valence-corrected chi connectivity index (χ0v) is 39.1. The molecule has 0 saturated heterocycles. The molecule has 0 rings (SSSR count). The maximum absolute atomic E-state index is 13.2. The van der Waals surface area contributed by atoms with Gasteiger partial charge in [0.2, 0.25) is 5.91 Å². The fraction of sp³-hybridized carbons (Fsp3) is 0.704. The minimum absolute atomic E-state index is 0.0307. The van der Waals surface area contributed by atoms with Crippen LogP contribution in [0.4, 0.5) is 0 Å². The largest absolute Gasteiger partial charge is 0.462 e. The minimum atomic E-state index is -0.806. The van der Waals surface area contributed by atoms with Crippen LogP contribution in [0.15, 0.2) is 85.1 Å². The van der Waals surface area contributed by atoms with Crippen LogP contribution in [0, 0.1) is 0 Å². The van der Waals surface area contributed by atoms with Gasteiger partial charge in [-0.05, 0) is 83.5 Å². The van der Waals surface area contributed by atoms with E-state index in [-0.39, 0.29) is 24.9 Å². The highest BCUT2D eigenvalue weighted by molar-refractivity contribution is 5.77. The fourth-order valence-corrected chi connectivity index (χ4v) is 7.01. The van der Waals surface area contributed by atoms with E-state index in [9.17, 15) is 19.8 Å². The predicted octanol–water partition coefficient (Wildman–Crippen LogP) is 14.8. The molecule has 60 heavy (non-hydrogen) atoms. The molecule has 0 aliphatic heterocycles. The zero-order valence-electron chi connectivity index (χ0n) is 39.1. The molecular weight excluding hydrogens is 743 g/mol. The summed E-state index contributed by atoms with van der Waals surface area (Å²) in [6.07, 6.45) is 60.7. The quantitative estimate of drug-likeness (QED) is 0.0246. The van der Waals surface area contributed by atoms with Crippen molar-refractivity contribution in [3.05, 3.63) is 85.1 Å². The van der Waals surface area contributed by atoms with Gasteiger partial charge in [0.15, 0.2) is 0 Å². The summed E-state index contributed by atoms with van der Waals surface area (Å²) in [4.78, 5) is 26.1. The average Bonchev–Trinajstić information content (AvgIpc) is 3.24. The van der Waals surface area contributed by atoms with Crippen molar-refractivity contribution in [2.24, 2.45) is 0 Å². The van der Waals surface area contributed by atoms with Gasteiger partial charge in [-0.1, -0.05) is 209 Å². The lowest BCUT2D eigenvalue weighted by Gasteiger charge is -2.24. The Kier molecular flexibility index (Phi) is 44.8. The molecule has 0 radical (unpaired) electrons. The number of hydrogen-bond donors (Lipinski definition) is 3. The molecule has 3 N–H and O–H groups in total. The van der Waals surface area contributed by atoms with Crippen molar-refractivity contribution in [3.63, 3.8) is 0 Å². The van der Waals surface area contributed by atoms with Crippen LogP contribution in [0.25, 0.3) is 0 Å². The average molecular weight is 836 g/mol. The fourth-order valence-electron chi connectivity index (χ4n) is 7.01. The molecule has 6 heteroatoms. The number of hydrogen-bond acceptors (Lipinski definition) is 5. The van der Waals surface area contributed by atoms with Gasteiger partial charge in [0.25, 0.3) is 0 Å². The zero-order chi connectivity index (χ0) is 43.8. The highest BCUT2D eigenvalue weighted by Gasteiger charge is 2.24. The summed E-state index contributed by atoms with van der Waals surface area (Å²) in [7, 11) is 0. The summed E-state index contributed by atoms with van der Waals surface area (Å²) in [6.45, 7) is 6.28. The second kappa shape index (κ2) is 47.1. The van der Waals surface area contributed by atoms with Gasteiger partial charge in [0.1, 0.15) is 6.10 Å². The maximum atomic E-state index is 13.2. The Hall–Kier alpha value is -2.96. The molecule has 0 heterocycles. The summed E-state index contributed by atoms with van der Waals surface area (Å²) in [6, 6.07) is -0.724. The summed E-state index contributed by atoms with van der Waals surface area (Å²) >= 11 is 0. The van der Waals surface area contributed by atoms with Gasteiger partial charge in [-0.25, -0.2) is 0 Å². The summed E-state index contributed by atoms with van der Waals surface area (Å²) < 4.78 is 5.89. The van der Waals surface area contributed by atoms with Crippen molar-refractivity contribution < 1.29 is 24.5 Å². The van der Waals surface area contributed by atoms with Gasteiger partial charge in [-0.15, -0.1) is 0 Å². The van der Waals surface area contributed by atoms with Gasteiger partial charge < -0.3 is 20.3 Å². The van der Waals surface area contributed by atoms with Crippen molar-refractivity contribution in [1.29, 1.82) is 0 Å². The molecule has 3 unspecified atom stereocenters. The lowest BCUT2D eigenvalue weighted by molar-refractivity contribution is -0.151. The molecule has 0 aromatic carbocycles. The van der Waals surface area contributed by atoms with Gasteiger partial charge >= 0.3 is 5.97 Å². The van der Waals surface area contributed by atoms with Crippen molar-refractivity contribution in [1.82, 2.24) is 5.32 Å². The molecule has 0 saturated carbocycles. The summed E-state index contributed by atoms with van der Waals surface area (Å²) in [5.74, 6) is -0.549. The number of carbonyl (C=O) groups is 2. The van der Waals surface area contributed by atoms with Crippen LogP contribution in [0.1, 0.15) is 220 Å². The third-order valence-corrected chi connectivity index (χ3v) is 10.8. The van der Waals surface area contributed by atoms with Crippen LogP contribution in [0.2, 0.25) is 0 Å². The number of aliphatic hydroxyl groups is 2.